The van der Waals surface area contributed by atoms with Gasteiger partial charge in [0.05, 0.1) is 18.8 Å². The minimum Gasteiger partial charge on any atom is -0.394 e. The van der Waals surface area contributed by atoms with Crippen molar-refractivity contribution in [3.8, 4) is 0 Å². The number of hydrogen-bond acceptors (Lipinski definition) is 3. The highest BCUT2D eigenvalue weighted by atomic mass is 19.1. The van der Waals surface area contributed by atoms with Gasteiger partial charge in [-0.3, -0.25) is 4.79 Å². The van der Waals surface area contributed by atoms with Crippen molar-refractivity contribution < 1.29 is 19.4 Å². The summed E-state index contributed by atoms with van der Waals surface area (Å²) < 4.78 is 13.0. The van der Waals surface area contributed by atoms with Crippen LogP contribution in [-0.4, -0.2) is 34.9 Å². The first-order valence-corrected chi connectivity index (χ1v) is 5.22. The molecular weight excluding hydrogens is 225 g/mol. The minimum atomic E-state index is -1.12. The maximum absolute atomic E-state index is 13.0. The lowest BCUT2D eigenvalue weighted by Gasteiger charge is -2.26. The lowest BCUT2D eigenvalue weighted by Crippen LogP contribution is -2.51. The Morgan fingerprint density at radius 2 is 2.00 bits per heavy atom. The Labute approximate surface area is 99.1 Å². The molecule has 3 N–H and O–H groups in total. The average molecular weight is 241 g/mol. The monoisotopic (exact) mass is 241 g/mol. The van der Waals surface area contributed by atoms with Crippen LogP contribution in [0.5, 0.6) is 0 Å². The molecule has 1 amide bonds. The molecule has 0 aliphatic carbocycles. The zero-order valence-electron chi connectivity index (χ0n) is 9.83. The Morgan fingerprint density at radius 1 is 1.41 bits per heavy atom. The molecular formula is C12H16FNO3. The SMILES string of the molecule is Cc1ccc(F)cc1C(=O)NC(C)(CO)CO. The van der Waals surface area contributed by atoms with E-state index in [4.69, 9.17) is 10.2 Å². The number of nitrogens with one attached hydrogen (secondary N) is 1. The van der Waals surface area contributed by atoms with Gasteiger partial charge < -0.3 is 15.5 Å². The van der Waals surface area contributed by atoms with Gasteiger partial charge in [-0.05, 0) is 31.5 Å². The number of amides is 1. The highest BCUT2D eigenvalue weighted by Crippen LogP contribution is 2.12. The minimum absolute atomic E-state index is 0.193. The lowest BCUT2D eigenvalue weighted by atomic mass is 10.0. The van der Waals surface area contributed by atoms with Crippen LogP contribution in [0.3, 0.4) is 0 Å². The Balaban J connectivity index is 2.94. The van der Waals surface area contributed by atoms with E-state index in [1.54, 1.807) is 6.92 Å². The molecule has 0 heterocycles. The van der Waals surface area contributed by atoms with E-state index in [1.165, 1.54) is 19.1 Å². The van der Waals surface area contributed by atoms with Gasteiger partial charge in [-0.2, -0.15) is 0 Å². The van der Waals surface area contributed by atoms with Gasteiger partial charge in [-0.25, -0.2) is 4.39 Å². The summed E-state index contributed by atoms with van der Waals surface area (Å²) in [5.41, 5.74) is -0.296. The molecule has 0 unspecified atom stereocenters. The van der Waals surface area contributed by atoms with Crippen LogP contribution in [0.15, 0.2) is 18.2 Å². The first kappa shape index (κ1) is 13.6. The Bertz CT molecular complexity index is 416. The molecule has 0 fully saturated rings. The van der Waals surface area contributed by atoms with Crippen molar-refractivity contribution in [3.63, 3.8) is 0 Å². The molecule has 0 aliphatic heterocycles. The topological polar surface area (TPSA) is 69.6 Å². The van der Waals surface area contributed by atoms with Crippen LogP contribution >= 0.6 is 0 Å². The molecule has 0 spiro atoms. The van der Waals surface area contributed by atoms with Crippen molar-refractivity contribution in [2.45, 2.75) is 19.4 Å². The quantitative estimate of drug-likeness (QED) is 0.723. The van der Waals surface area contributed by atoms with E-state index in [-0.39, 0.29) is 5.56 Å². The van der Waals surface area contributed by atoms with Gasteiger partial charge in [0.2, 0.25) is 0 Å². The molecule has 4 nitrogen and oxygen atoms in total. The van der Waals surface area contributed by atoms with Crippen LogP contribution in [0.2, 0.25) is 0 Å². The van der Waals surface area contributed by atoms with Gasteiger partial charge in [0.15, 0.2) is 0 Å². The standard InChI is InChI=1S/C12H16FNO3/c1-8-3-4-9(13)5-10(8)11(17)14-12(2,6-15)7-16/h3-5,15-16H,6-7H2,1-2H3,(H,14,17). The molecule has 0 saturated heterocycles. The van der Waals surface area contributed by atoms with Crippen LogP contribution in [0.25, 0.3) is 0 Å². The third-order valence-corrected chi connectivity index (χ3v) is 2.56. The molecule has 0 radical (unpaired) electrons. The number of aliphatic hydroxyl groups is 2. The second-order valence-corrected chi connectivity index (χ2v) is 4.29. The summed E-state index contributed by atoms with van der Waals surface area (Å²) in [5, 5.41) is 20.6. The Hall–Kier alpha value is -1.46. The van der Waals surface area contributed by atoms with Crippen molar-refractivity contribution in [3.05, 3.63) is 35.1 Å². The molecule has 0 aliphatic rings. The van der Waals surface area contributed by atoms with E-state index in [9.17, 15) is 9.18 Å². The van der Waals surface area contributed by atoms with Crippen LogP contribution in [-0.2, 0) is 0 Å². The average Bonchev–Trinajstić information content (AvgIpc) is 2.32. The van der Waals surface area contributed by atoms with Crippen LogP contribution in [0.1, 0.15) is 22.8 Å². The molecule has 0 atom stereocenters. The predicted molar refractivity (Wildman–Crippen MR) is 61.2 cm³/mol. The molecule has 5 heteroatoms. The fraction of sp³-hybridized carbons (Fsp3) is 0.417. The van der Waals surface area contributed by atoms with Crippen LogP contribution in [0, 0.1) is 12.7 Å². The second kappa shape index (κ2) is 5.25. The number of hydrogen-bond donors (Lipinski definition) is 3. The fourth-order valence-corrected chi connectivity index (χ4v) is 1.31. The first-order chi connectivity index (χ1) is 7.91. The number of halogens is 1. The molecule has 94 valence electrons. The maximum Gasteiger partial charge on any atom is 0.252 e. The van der Waals surface area contributed by atoms with Gasteiger partial charge in [0.1, 0.15) is 5.82 Å². The largest absolute Gasteiger partial charge is 0.394 e. The van der Waals surface area contributed by atoms with Gasteiger partial charge in [0.25, 0.3) is 5.91 Å². The maximum atomic E-state index is 13.0. The molecule has 0 aromatic heterocycles. The second-order valence-electron chi connectivity index (χ2n) is 4.29. The number of aryl methyl sites for hydroxylation is 1. The van der Waals surface area contributed by atoms with Crippen LogP contribution < -0.4 is 5.32 Å². The summed E-state index contributed by atoms with van der Waals surface area (Å²) in [4.78, 5) is 11.9. The third-order valence-electron chi connectivity index (χ3n) is 2.56. The highest BCUT2D eigenvalue weighted by molar-refractivity contribution is 5.96. The van der Waals surface area contributed by atoms with Crippen molar-refractivity contribution in [1.82, 2.24) is 5.32 Å². The van der Waals surface area contributed by atoms with E-state index < -0.39 is 30.5 Å². The predicted octanol–water partition coefficient (Wildman–Crippen LogP) is 0.607. The number of carbonyl (C=O) groups excluding carboxylic acids is 1. The summed E-state index contributed by atoms with van der Waals surface area (Å²) in [7, 11) is 0. The van der Waals surface area contributed by atoms with Crippen LogP contribution in [0.4, 0.5) is 4.39 Å². The van der Waals surface area contributed by atoms with Gasteiger partial charge in [-0.15, -0.1) is 0 Å². The van der Waals surface area contributed by atoms with Crippen molar-refractivity contribution in [2.24, 2.45) is 0 Å². The van der Waals surface area contributed by atoms with Gasteiger partial charge in [0, 0.05) is 5.56 Å². The van der Waals surface area contributed by atoms with E-state index in [2.05, 4.69) is 5.32 Å². The zero-order valence-corrected chi connectivity index (χ0v) is 9.83. The number of carbonyl (C=O) groups is 1. The molecule has 17 heavy (non-hydrogen) atoms. The van der Waals surface area contributed by atoms with E-state index in [0.29, 0.717) is 5.56 Å². The Morgan fingerprint density at radius 3 is 2.53 bits per heavy atom. The fourth-order valence-electron chi connectivity index (χ4n) is 1.31. The summed E-state index contributed by atoms with van der Waals surface area (Å²) in [6, 6.07) is 3.89. The van der Waals surface area contributed by atoms with Gasteiger partial charge in [-0.1, -0.05) is 6.07 Å². The summed E-state index contributed by atoms with van der Waals surface area (Å²) in [5.74, 6) is -1.02. The van der Waals surface area contributed by atoms with Crippen molar-refractivity contribution in [2.75, 3.05) is 13.2 Å². The van der Waals surface area contributed by atoms with E-state index in [1.807, 2.05) is 0 Å². The lowest BCUT2D eigenvalue weighted by molar-refractivity contribution is 0.0723. The summed E-state index contributed by atoms with van der Waals surface area (Å²) in [6.07, 6.45) is 0. The number of aliphatic hydroxyl groups excluding tert-OH is 2. The normalized spacial score (nSPS) is 11.4. The highest BCUT2D eigenvalue weighted by Gasteiger charge is 2.25. The molecule has 1 aromatic carbocycles. The number of benzene rings is 1. The summed E-state index contributed by atoms with van der Waals surface area (Å²) in [6.45, 7) is 2.39. The van der Waals surface area contributed by atoms with Crippen molar-refractivity contribution >= 4 is 5.91 Å². The Kier molecular flexibility index (Phi) is 4.20. The summed E-state index contributed by atoms with van der Waals surface area (Å²) >= 11 is 0. The van der Waals surface area contributed by atoms with E-state index in [0.717, 1.165) is 6.07 Å². The molecule has 1 aromatic rings. The number of rotatable bonds is 4. The smallest absolute Gasteiger partial charge is 0.252 e. The third kappa shape index (κ3) is 3.25. The van der Waals surface area contributed by atoms with E-state index >= 15 is 0 Å². The van der Waals surface area contributed by atoms with Gasteiger partial charge >= 0.3 is 0 Å². The molecule has 0 bridgehead atoms. The molecule has 1 rings (SSSR count). The van der Waals surface area contributed by atoms with Crippen molar-refractivity contribution in [1.29, 1.82) is 0 Å². The zero-order chi connectivity index (χ0) is 13.1. The first-order valence-electron chi connectivity index (χ1n) is 5.22. The molecule has 0 saturated carbocycles.